The first-order chi connectivity index (χ1) is 4.83. The standard InChI is InChI=1S/C6H11Cl2NO/c7-1-2-9-3-4-10-6(8)5-9/h6H,1-5H2. The van der Waals surface area contributed by atoms with Gasteiger partial charge >= 0.3 is 0 Å². The highest BCUT2D eigenvalue weighted by atomic mass is 35.5. The minimum Gasteiger partial charge on any atom is -0.360 e. The van der Waals surface area contributed by atoms with Crippen molar-refractivity contribution >= 4 is 23.2 Å². The Morgan fingerprint density at radius 2 is 2.40 bits per heavy atom. The Morgan fingerprint density at radius 3 is 3.00 bits per heavy atom. The van der Waals surface area contributed by atoms with Gasteiger partial charge < -0.3 is 4.74 Å². The van der Waals surface area contributed by atoms with E-state index in [1.54, 1.807) is 0 Å². The van der Waals surface area contributed by atoms with E-state index in [-0.39, 0.29) is 5.56 Å². The average Bonchev–Trinajstić information content (AvgIpc) is 1.88. The van der Waals surface area contributed by atoms with E-state index in [0.717, 1.165) is 26.2 Å². The molecule has 0 spiro atoms. The molecular formula is C6H11Cl2NO. The summed E-state index contributed by atoms with van der Waals surface area (Å²) in [4.78, 5) is 2.20. The van der Waals surface area contributed by atoms with Crippen molar-refractivity contribution in [2.45, 2.75) is 5.56 Å². The summed E-state index contributed by atoms with van der Waals surface area (Å²) in [6.45, 7) is 3.39. The maximum absolute atomic E-state index is 5.74. The van der Waals surface area contributed by atoms with Crippen molar-refractivity contribution < 1.29 is 4.74 Å². The van der Waals surface area contributed by atoms with Crippen LogP contribution in [0.1, 0.15) is 0 Å². The molecule has 2 nitrogen and oxygen atoms in total. The molecule has 0 aliphatic carbocycles. The lowest BCUT2D eigenvalue weighted by Gasteiger charge is -2.28. The Kier molecular flexibility index (Phi) is 3.78. The number of rotatable bonds is 2. The predicted molar refractivity (Wildman–Crippen MR) is 42.8 cm³/mol. The summed E-state index contributed by atoms with van der Waals surface area (Å²) >= 11 is 11.3. The van der Waals surface area contributed by atoms with Crippen LogP contribution in [-0.2, 0) is 4.74 Å². The largest absolute Gasteiger partial charge is 0.360 e. The summed E-state index contributed by atoms with van der Waals surface area (Å²) in [5.41, 5.74) is -0.142. The summed E-state index contributed by atoms with van der Waals surface area (Å²) in [5.74, 6) is 0.670. The molecule has 1 aliphatic heterocycles. The van der Waals surface area contributed by atoms with Gasteiger partial charge in [-0.1, -0.05) is 11.6 Å². The van der Waals surface area contributed by atoms with E-state index in [2.05, 4.69) is 4.90 Å². The van der Waals surface area contributed by atoms with Gasteiger partial charge in [0.05, 0.1) is 6.61 Å². The van der Waals surface area contributed by atoms with Crippen molar-refractivity contribution in [2.75, 3.05) is 32.1 Å². The van der Waals surface area contributed by atoms with Gasteiger partial charge in [-0.25, -0.2) is 0 Å². The highest BCUT2D eigenvalue weighted by Gasteiger charge is 2.16. The van der Waals surface area contributed by atoms with Crippen molar-refractivity contribution in [1.82, 2.24) is 4.90 Å². The second kappa shape index (κ2) is 4.39. The highest BCUT2D eigenvalue weighted by Crippen LogP contribution is 2.07. The van der Waals surface area contributed by atoms with Gasteiger partial charge in [0.1, 0.15) is 5.56 Å². The van der Waals surface area contributed by atoms with Gasteiger partial charge in [-0.2, -0.15) is 0 Å². The Hall–Kier alpha value is 0.500. The van der Waals surface area contributed by atoms with Crippen molar-refractivity contribution in [2.24, 2.45) is 0 Å². The first-order valence-corrected chi connectivity index (χ1v) is 4.34. The fourth-order valence-electron chi connectivity index (χ4n) is 0.979. The summed E-state index contributed by atoms with van der Waals surface area (Å²) < 4.78 is 5.14. The van der Waals surface area contributed by atoms with E-state index >= 15 is 0 Å². The lowest BCUT2D eigenvalue weighted by molar-refractivity contribution is 0.0168. The van der Waals surface area contributed by atoms with Gasteiger partial charge in [-0.15, -0.1) is 11.6 Å². The molecule has 1 saturated heterocycles. The van der Waals surface area contributed by atoms with Crippen LogP contribution in [0.2, 0.25) is 0 Å². The zero-order valence-electron chi connectivity index (χ0n) is 5.72. The molecule has 4 heteroatoms. The van der Waals surface area contributed by atoms with Crippen molar-refractivity contribution in [3.8, 4) is 0 Å². The molecule has 0 aromatic rings. The molecule has 1 fully saturated rings. The number of hydrogen-bond acceptors (Lipinski definition) is 2. The van der Waals surface area contributed by atoms with E-state index in [0.29, 0.717) is 5.88 Å². The third-order valence-corrected chi connectivity index (χ3v) is 1.94. The molecule has 10 heavy (non-hydrogen) atoms. The normalized spacial score (nSPS) is 28.8. The fraction of sp³-hybridized carbons (Fsp3) is 1.00. The molecule has 0 aromatic heterocycles. The first kappa shape index (κ1) is 8.60. The summed E-state index contributed by atoms with van der Waals surface area (Å²) in [6, 6.07) is 0. The summed E-state index contributed by atoms with van der Waals surface area (Å²) in [7, 11) is 0. The molecule has 1 rings (SSSR count). The van der Waals surface area contributed by atoms with Gasteiger partial charge in [0, 0.05) is 25.5 Å². The van der Waals surface area contributed by atoms with Crippen LogP contribution in [0.15, 0.2) is 0 Å². The Bertz CT molecular complexity index is 99.7. The zero-order valence-corrected chi connectivity index (χ0v) is 7.24. The molecule has 1 atom stereocenters. The fourth-order valence-corrected chi connectivity index (χ4v) is 1.50. The van der Waals surface area contributed by atoms with Gasteiger partial charge in [-0.05, 0) is 0 Å². The van der Waals surface area contributed by atoms with Crippen LogP contribution in [0.5, 0.6) is 0 Å². The maximum atomic E-state index is 5.74. The van der Waals surface area contributed by atoms with Crippen LogP contribution >= 0.6 is 23.2 Å². The molecule has 0 aromatic carbocycles. The van der Waals surface area contributed by atoms with Crippen LogP contribution in [0.25, 0.3) is 0 Å². The van der Waals surface area contributed by atoms with E-state index in [4.69, 9.17) is 27.9 Å². The lowest BCUT2D eigenvalue weighted by atomic mass is 10.4. The van der Waals surface area contributed by atoms with E-state index in [1.807, 2.05) is 0 Å². The maximum Gasteiger partial charge on any atom is 0.143 e. The zero-order chi connectivity index (χ0) is 7.40. The van der Waals surface area contributed by atoms with Crippen molar-refractivity contribution in [3.05, 3.63) is 0 Å². The molecule has 1 unspecified atom stereocenters. The highest BCUT2D eigenvalue weighted by molar-refractivity contribution is 6.20. The topological polar surface area (TPSA) is 12.5 Å². The number of alkyl halides is 2. The predicted octanol–water partition coefficient (Wildman–Crippen LogP) is 1.12. The van der Waals surface area contributed by atoms with Crippen LogP contribution in [0, 0.1) is 0 Å². The number of morpholine rings is 1. The molecule has 0 bridgehead atoms. The Morgan fingerprint density at radius 1 is 1.60 bits per heavy atom. The third kappa shape index (κ3) is 2.62. The lowest BCUT2D eigenvalue weighted by Crippen LogP contribution is -2.40. The second-order valence-corrected chi connectivity index (χ2v) is 3.14. The summed E-state index contributed by atoms with van der Waals surface area (Å²) in [5, 5.41) is 0. The molecule has 1 heterocycles. The quantitative estimate of drug-likeness (QED) is 0.596. The molecule has 0 N–H and O–H groups in total. The number of ether oxygens (including phenoxy) is 1. The van der Waals surface area contributed by atoms with Gasteiger partial charge in [-0.3, -0.25) is 4.90 Å². The van der Waals surface area contributed by atoms with E-state index < -0.39 is 0 Å². The van der Waals surface area contributed by atoms with Crippen LogP contribution in [0.4, 0.5) is 0 Å². The molecule has 0 saturated carbocycles. The van der Waals surface area contributed by atoms with Crippen molar-refractivity contribution in [1.29, 1.82) is 0 Å². The SMILES string of the molecule is ClCCN1CCOC(Cl)C1. The first-order valence-electron chi connectivity index (χ1n) is 3.37. The molecule has 0 radical (unpaired) electrons. The van der Waals surface area contributed by atoms with Crippen LogP contribution < -0.4 is 0 Å². The third-order valence-electron chi connectivity index (χ3n) is 1.51. The second-order valence-electron chi connectivity index (χ2n) is 2.27. The number of hydrogen-bond donors (Lipinski definition) is 0. The monoisotopic (exact) mass is 183 g/mol. The van der Waals surface area contributed by atoms with Crippen LogP contribution in [-0.4, -0.2) is 42.6 Å². The minimum absolute atomic E-state index is 0.142. The molecule has 1 aliphatic rings. The van der Waals surface area contributed by atoms with Crippen molar-refractivity contribution in [3.63, 3.8) is 0 Å². The Balaban J connectivity index is 2.18. The van der Waals surface area contributed by atoms with Gasteiger partial charge in [0.15, 0.2) is 0 Å². The van der Waals surface area contributed by atoms with E-state index in [1.165, 1.54) is 0 Å². The molecule has 0 amide bonds. The van der Waals surface area contributed by atoms with Gasteiger partial charge in [0.25, 0.3) is 0 Å². The Labute approximate surface area is 71.0 Å². The molecule has 60 valence electrons. The summed E-state index contributed by atoms with van der Waals surface area (Å²) in [6.07, 6.45) is 0. The number of nitrogens with zero attached hydrogens (tertiary/aromatic N) is 1. The molecular weight excluding hydrogens is 173 g/mol. The van der Waals surface area contributed by atoms with Crippen LogP contribution in [0.3, 0.4) is 0 Å². The van der Waals surface area contributed by atoms with E-state index in [9.17, 15) is 0 Å². The minimum atomic E-state index is -0.142. The van der Waals surface area contributed by atoms with Gasteiger partial charge in [0.2, 0.25) is 0 Å². The average molecular weight is 184 g/mol. The smallest absolute Gasteiger partial charge is 0.143 e. The number of halogens is 2.